The number of aryl methyl sites for hydroxylation is 2. The molecule has 0 saturated carbocycles. The second-order valence-corrected chi connectivity index (χ2v) is 11.3. The number of aromatic nitrogens is 1. The van der Waals surface area contributed by atoms with Crippen LogP contribution in [0.5, 0.6) is 11.5 Å². The van der Waals surface area contributed by atoms with Crippen LogP contribution in [0.25, 0.3) is 21.8 Å². The van der Waals surface area contributed by atoms with Crippen LogP contribution in [0.2, 0.25) is 0 Å². The number of carbonyl (C=O) groups excluding carboxylic acids is 1. The SMILES string of the molecule is CCn1c2ccccc2c2cc(NC(=O)CN(c3ccc(OC)c(OC)c3)S(=O)(=O)c3ccc(C)cc3)ccc21. The summed E-state index contributed by atoms with van der Waals surface area (Å²) in [7, 11) is -1.12. The Hall–Kier alpha value is -4.50. The number of amides is 1. The molecule has 1 heterocycles. The van der Waals surface area contributed by atoms with Crippen LogP contribution in [0, 0.1) is 6.92 Å². The molecule has 5 rings (SSSR count). The van der Waals surface area contributed by atoms with Gasteiger partial charge in [-0.15, -0.1) is 0 Å². The fraction of sp³-hybridized carbons (Fsp3) is 0.194. The van der Waals surface area contributed by atoms with Gasteiger partial charge in [0.1, 0.15) is 6.54 Å². The lowest BCUT2D eigenvalue weighted by Crippen LogP contribution is -2.38. The average Bonchev–Trinajstić information content (AvgIpc) is 3.28. The summed E-state index contributed by atoms with van der Waals surface area (Å²) in [4.78, 5) is 13.5. The van der Waals surface area contributed by atoms with Crippen LogP contribution >= 0.6 is 0 Å². The first-order chi connectivity index (χ1) is 19.3. The van der Waals surface area contributed by atoms with Crippen molar-refractivity contribution in [2.75, 3.05) is 30.4 Å². The van der Waals surface area contributed by atoms with Crippen molar-refractivity contribution >= 4 is 49.1 Å². The molecule has 8 nitrogen and oxygen atoms in total. The van der Waals surface area contributed by atoms with E-state index in [1.165, 1.54) is 26.4 Å². The van der Waals surface area contributed by atoms with E-state index in [0.29, 0.717) is 17.2 Å². The highest BCUT2D eigenvalue weighted by Crippen LogP contribution is 2.34. The van der Waals surface area contributed by atoms with E-state index in [2.05, 4.69) is 28.9 Å². The van der Waals surface area contributed by atoms with Gasteiger partial charge in [0.25, 0.3) is 10.0 Å². The topological polar surface area (TPSA) is 89.9 Å². The lowest BCUT2D eigenvalue weighted by Gasteiger charge is -2.25. The molecule has 1 N–H and O–H groups in total. The third-order valence-electron chi connectivity index (χ3n) is 6.92. The van der Waals surface area contributed by atoms with Crippen LogP contribution in [-0.4, -0.2) is 39.7 Å². The second kappa shape index (κ2) is 10.9. The van der Waals surface area contributed by atoms with Crippen LogP contribution in [0.15, 0.2) is 89.8 Å². The number of benzene rings is 4. The summed E-state index contributed by atoms with van der Waals surface area (Å²) in [6.07, 6.45) is 0. The van der Waals surface area contributed by atoms with Crippen LogP contribution in [0.1, 0.15) is 12.5 Å². The highest BCUT2D eigenvalue weighted by molar-refractivity contribution is 7.92. The lowest BCUT2D eigenvalue weighted by molar-refractivity contribution is -0.114. The minimum atomic E-state index is -4.09. The molecule has 0 aliphatic heterocycles. The minimum Gasteiger partial charge on any atom is -0.493 e. The fourth-order valence-corrected chi connectivity index (χ4v) is 6.35. The smallest absolute Gasteiger partial charge is 0.264 e. The number of carbonyl (C=O) groups is 1. The predicted molar refractivity (Wildman–Crippen MR) is 159 cm³/mol. The summed E-state index contributed by atoms with van der Waals surface area (Å²) < 4.78 is 41.6. The Morgan fingerprint density at radius 1 is 0.850 bits per heavy atom. The highest BCUT2D eigenvalue weighted by atomic mass is 32.2. The van der Waals surface area contributed by atoms with Gasteiger partial charge in [0.15, 0.2) is 11.5 Å². The summed E-state index contributed by atoms with van der Waals surface area (Å²) in [5, 5.41) is 5.00. The number of para-hydroxylation sites is 1. The van der Waals surface area contributed by atoms with Crippen molar-refractivity contribution in [3.05, 3.63) is 90.5 Å². The van der Waals surface area contributed by atoms with Gasteiger partial charge >= 0.3 is 0 Å². The number of sulfonamides is 1. The molecule has 0 fully saturated rings. The molecule has 4 aromatic carbocycles. The molecule has 206 valence electrons. The van der Waals surface area contributed by atoms with E-state index in [4.69, 9.17) is 9.47 Å². The number of hydrogen-bond donors (Lipinski definition) is 1. The molecule has 0 spiro atoms. The Morgan fingerprint density at radius 2 is 1.55 bits per heavy atom. The predicted octanol–water partition coefficient (Wildman–Crippen LogP) is 5.97. The zero-order chi connectivity index (χ0) is 28.4. The van der Waals surface area contributed by atoms with E-state index >= 15 is 0 Å². The first-order valence-electron chi connectivity index (χ1n) is 12.9. The van der Waals surface area contributed by atoms with Crippen molar-refractivity contribution in [2.45, 2.75) is 25.3 Å². The van der Waals surface area contributed by atoms with Crippen molar-refractivity contribution in [3.63, 3.8) is 0 Å². The minimum absolute atomic E-state index is 0.0782. The molecule has 0 unspecified atom stereocenters. The Labute approximate surface area is 233 Å². The number of nitrogens with one attached hydrogen (secondary N) is 1. The van der Waals surface area contributed by atoms with Crippen LogP contribution in [-0.2, 0) is 21.4 Å². The average molecular weight is 558 g/mol. The van der Waals surface area contributed by atoms with Crippen LogP contribution in [0.4, 0.5) is 11.4 Å². The van der Waals surface area contributed by atoms with Gasteiger partial charge < -0.3 is 19.4 Å². The first kappa shape index (κ1) is 27.1. The molecule has 40 heavy (non-hydrogen) atoms. The number of rotatable bonds is 9. The van der Waals surface area contributed by atoms with Crippen molar-refractivity contribution in [3.8, 4) is 11.5 Å². The standard InChI is InChI=1S/C31H31N3O5S/c1-5-33-27-9-7-6-8-25(27)26-18-22(12-16-28(26)33)32-31(35)20-34(23-13-17-29(38-3)30(19-23)39-4)40(36,37)24-14-10-21(2)11-15-24/h6-19H,5,20H2,1-4H3,(H,32,35). The third kappa shape index (κ3) is 4.96. The normalized spacial score (nSPS) is 11.5. The van der Waals surface area contributed by atoms with Gasteiger partial charge in [-0.05, 0) is 62.4 Å². The molecular formula is C31H31N3O5S. The molecule has 0 radical (unpaired) electrons. The maximum atomic E-state index is 13.8. The molecule has 0 aliphatic rings. The zero-order valence-electron chi connectivity index (χ0n) is 22.8. The van der Waals surface area contributed by atoms with Gasteiger partial charge in [-0.25, -0.2) is 8.42 Å². The molecule has 9 heteroatoms. The molecular weight excluding hydrogens is 526 g/mol. The van der Waals surface area contributed by atoms with E-state index in [9.17, 15) is 13.2 Å². The van der Waals surface area contributed by atoms with E-state index in [-0.39, 0.29) is 10.6 Å². The van der Waals surface area contributed by atoms with Crippen LogP contribution in [0.3, 0.4) is 0 Å². The Bertz CT molecular complexity index is 1810. The van der Waals surface area contributed by atoms with Crippen LogP contribution < -0.4 is 19.1 Å². The monoisotopic (exact) mass is 557 g/mol. The molecule has 0 atom stereocenters. The first-order valence-corrected chi connectivity index (χ1v) is 14.3. The number of ether oxygens (including phenoxy) is 2. The summed E-state index contributed by atoms with van der Waals surface area (Å²) >= 11 is 0. The van der Waals surface area contributed by atoms with Gasteiger partial charge in [-0.2, -0.15) is 0 Å². The number of methoxy groups -OCH3 is 2. The molecule has 0 saturated heterocycles. The largest absolute Gasteiger partial charge is 0.493 e. The third-order valence-corrected chi connectivity index (χ3v) is 8.71. The zero-order valence-corrected chi connectivity index (χ0v) is 23.7. The van der Waals surface area contributed by atoms with Gasteiger partial charge in [0.05, 0.1) is 24.8 Å². The van der Waals surface area contributed by atoms with Crippen molar-refractivity contribution in [1.29, 1.82) is 0 Å². The summed E-state index contributed by atoms with van der Waals surface area (Å²) in [6.45, 7) is 4.34. The number of fused-ring (bicyclic) bond motifs is 3. The molecule has 5 aromatic rings. The van der Waals surface area contributed by atoms with Gasteiger partial charge in [-0.3, -0.25) is 9.10 Å². The number of anilines is 2. The van der Waals surface area contributed by atoms with Gasteiger partial charge in [0.2, 0.25) is 5.91 Å². The summed E-state index contributed by atoms with van der Waals surface area (Å²) in [6, 6.07) is 25.1. The maximum Gasteiger partial charge on any atom is 0.264 e. The second-order valence-electron chi connectivity index (χ2n) is 9.41. The Kier molecular flexibility index (Phi) is 7.40. The summed E-state index contributed by atoms with van der Waals surface area (Å²) in [5.41, 5.74) is 3.96. The quantitative estimate of drug-likeness (QED) is 0.241. The van der Waals surface area contributed by atoms with E-state index in [1.807, 2.05) is 37.3 Å². The molecule has 0 aliphatic carbocycles. The van der Waals surface area contributed by atoms with E-state index < -0.39 is 22.5 Å². The van der Waals surface area contributed by atoms with Gasteiger partial charge in [-0.1, -0.05) is 35.9 Å². The Morgan fingerprint density at radius 3 is 2.25 bits per heavy atom. The maximum absolute atomic E-state index is 13.8. The molecule has 0 bridgehead atoms. The number of nitrogens with zero attached hydrogens (tertiary/aromatic N) is 2. The number of hydrogen-bond acceptors (Lipinski definition) is 5. The molecule has 1 amide bonds. The fourth-order valence-electron chi connectivity index (χ4n) is 4.94. The lowest BCUT2D eigenvalue weighted by atomic mass is 10.1. The Balaban J connectivity index is 1.51. The van der Waals surface area contributed by atoms with Gasteiger partial charge in [0, 0.05) is 40.1 Å². The van der Waals surface area contributed by atoms with E-state index in [1.54, 1.807) is 30.3 Å². The van der Waals surface area contributed by atoms with Crippen molar-refractivity contribution < 1.29 is 22.7 Å². The van der Waals surface area contributed by atoms with Crippen molar-refractivity contribution in [1.82, 2.24) is 4.57 Å². The highest BCUT2D eigenvalue weighted by Gasteiger charge is 2.28. The van der Waals surface area contributed by atoms with Crippen molar-refractivity contribution in [2.24, 2.45) is 0 Å². The summed E-state index contributed by atoms with van der Waals surface area (Å²) in [5.74, 6) is 0.314. The molecule has 1 aromatic heterocycles. The van der Waals surface area contributed by atoms with E-state index in [0.717, 1.165) is 38.2 Å².